The summed E-state index contributed by atoms with van der Waals surface area (Å²) in [4.78, 5) is 4.61. The van der Waals surface area contributed by atoms with E-state index in [-0.39, 0.29) is 12.4 Å². The Balaban J connectivity index is 1.77. The molecule has 0 fully saturated rings. The lowest BCUT2D eigenvalue weighted by Crippen LogP contribution is -2.05. The van der Waals surface area contributed by atoms with E-state index >= 15 is 0 Å². The molecule has 0 N–H and O–H groups in total. The van der Waals surface area contributed by atoms with Gasteiger partial charge in [0, 0.05) is 6.08 Å². The van der Waals surface area contributed by atoms with Crippen LogP contribution in [0.3, 0.4) is 0 Å². The highest BCUT2D eigenvalue weighted by atomic mass is 19.1. The highest BCUT2D eigenvalue weighted by molar-refractivity contribution is 5.91. The number of aliphatic imine (C=N–C) groups is 1. The van der Waals surface area contributed by atoms with Crippen LogP contribution in [0.5, 0.6) is 5.75 Å². The molecular formula is C25H24FNO2. The molecule has 0 saturated heterocycles. The van der Waals surface area contributed by atoms with Crippen LogP contribution in [-0.2, 0) is 11.3 Å². The highest BCUT2D eigenvalue weighted by Gasteiger charge is 2.03. The van der Waals surface area contributed by atoms with Gasteiger partial charge < -0.3 is 9.47 Å². The average Bonchev–Trinajstić information content (AvgIpc) is 2.68. The Labute approximate surface area is 171 Å². The largest absolute Gasteiger partial charge is 0.496 e. The fraction of sp³-hybridized carbons (Fsp3) is 0.160. The summed E-state index contributed by atoms with van der Waals surface area (Å²) in [5, 5.41) is 0. The first-order valence-electron chi connectivity index (χ1n) is 9.43. The molecule has 3 rings (SSSR count). The molecule has 0 heterocycles. The Morgan fingerprint density at radius 2 is 1.76 bits per heavy atom. The molecule has 0 aliphatic carbocycles. The summed E-state index contributed by atoms with van der Waals surface area (Å²) in [6.45, 7) is 6.38. The summed E-state index contributed by atoms with van der Waals surface area (Å²) in [5.41, 5.74) is 5.01. The molecule has 0 aromatic heterocycles. The van der Waals surface area contributed by atoms with Crippen molar-refractivity contribution in [2.45, 2.75) is 27.4 Å². The third kappa shape index (κ3) is 6.32. The van der Waals surface area contributed by atoms with Crippen LogP contribution in [0.2, 0.25) is 0 Å². The zero-order chi connectivity index (χ0) is 20.6. The molecule has 0 bridgehead atoms. The number of hydrogen-bond donors (Lipinski definition) is 0. The van der Waals surface area contributed by atoms with E-state index in [1.165, 1.54) is 24.0 Å². The predicted molar refractivity (Wildman–Crippen MR) is 115 cm³/mol. The topological polar surface area (TPSA) is 30.8 Å². The number of benzene rings is 3. The van der Waals surface area contributed by atoms with Gasteiger partial charge in [-0.25, -0.2) is 9.38 Å². The van der Waals surface area contributed by atoms with Gasteiger partial charge >= 0.3 is 0 Å². The Morgan fingerprint density at radius 1 is 0.931 bits per heavy atom. The molecule has 3 nitrogen and oxygen atoms in total. The molecule has 0 radical (unpaired) electrons. The second-order valence-corrected chi connectivity index (χ2v) is 6.88. The molecule has 0 aliphatic heterocycles. The van der Waals surface area contributed by atoms with Gasteiger partial charge in [0.05, 0.1) is 11.9 Å². The van der Waals surface area contributed by atoms with Crippen molar-refractivity contribution in [1.29, 1.82) is 0 Å². The molecule has 0 saturated carbocycles. The van der Waals surface area contributed by atoms with E-state index < -0.39 is 0 Å². The quantitative estimate of drug-likeness (QED) is 0.270. The van der Waals surface area contributed by atoms with Crippen LogP contribution in [-0.4, -0.2) is 5.90 Å². The second-order valence-electron chi connectivity index (χ2n) is 6.88. The number of halogens is 1. The molecule has 0 spiro atoms. The van der Waals surface area contributed by atoms with Crippen molar-refractivity contribution in [1.82, 2.24) is 0 Å². The summed E-state index contributed by atoms with van der Waals surface area (Å²) in [6.07, 6.45) is 3.18. The smallest absolute Gasteiger partial charge is 0.222 e. The Hall–Kier alpha value is -3.40. The second kappa shape index (κ2) is 9.69. The van der Waals surface area contributed by atoms with Crippen molar-refractivity contribution in [3.8, 4) is 5.75 Å². The molecule has 3 aromatic rings. The van der Waals surface area contributed by atoms with Crippen LogP contribution in [0, 0.1) is 26.6 Å². The molecule has 0 amide bonds. The zero-order valence-corrected chi connectivity index (χ0v) is 16.9. The van der Waals surface area contributed by atoms with E-state index in [0.29, 0.717) is 11.6 Å². The Kier molecular flexibility index (Phi) is 6.80. The van der Waals surface area contributed by atoms with Crippen molar-refractivity contribution in [2.24, 2.45) is 4.99 Å². The van der Waals surface area contributed by atoms with E-state index in [1.54, 1.807) is 12.1 Å². The van der Waals surface area contributed by atoms with Gasteiger partial charge in [-0.2, -0.15) is 0 Å². The van der Waals surface area contributed by atoms with Crippen LogP contribution in [0.25, 0.3) is 0 Å². The van der Waals surface area contributed by atoms with Crippen molar-refractivity contribution in [3.05, 3.63) is 107 Å². The number of aryl methyl sites for hydroxylation is 3. The van der Waals surface area contributed by atoms with Crippen LogP contribution < -0.4 is 4.74 Å². The summed E-state index contributed by atoms with van der Waals surface area (Å²) in [7, 11) is 0. The molecule has 0 atom stereocenters. The number of nitrogens with zero attached hydrogens (tertiary/aromatic N) is 1. The van der Waals surface area contributed by atoms with Crippen LogP contribution in [0.1, 0.15) is 22.3 Å². The molecule has 29 heavy (non-hydrogen) atoms. The summed E-state index contributed by atoms with van der Waals surface area (Å²) in [6, 6.07) is 20.1. The third-order valence-electron chi connectivity index (χ3n) is 4.39. The number of hydrogen-bond acceptors (Lipinski definition) is 3. The van der Waals surface area contributed by atoms with E-state index in [2.05, 4.69) is 11.9 Å². The molecule has 3 aromatic carbocycles. The van der Waals surface area contributed by atoms with Gasteiger partial charge in [-0.3, -0.25) is 0 Å². The maximum atomic E-state index is 13.3. The SMILES string of the molecule is Cc1cccc(OC(C=COCc2cccc(F)c2)=Nc2ccc(C)c(C)c2)c1. The summed E-state index contributed by atoms with van der Waals surface area (Å²) in [5.74, 6) is 0.815. The first-order chi connectivity index (χ1) is 14.0. The fourth-order valence-corrected chi connectivity index (χ4v) is 2.69. The van der Waals surface area contributed by atoms with E-state index in [0.717, 1.165) is 22.4 Å². The van der Waals surface area contributed by atoms with Crippen LogP contribution in [0.15, 0.2) is 84.1 Å². The van der Waals surface area contributed by atoms with Crippen molar-refractivity contribution < 1.29 is 13.9 Å². The van der Waals surface area contributed by atoms with E-state index in [9.17, 15) is 4.39 Å². The lowest BCUT2D eigenvalue weighted by molar-refractivity contribution is 0.236. The van der Waals surface area contributed by atoms with Gasteiger partial charge in [0.2, 0.25) is 5.90 Å². The van der Waals surface area contributed by atoms with Gasteiger partial charge in [0.1, 0.15) is 18.2 Å². The molecule has 0 aliphatic rings. The van der Waals surface area contributed by atoms with E-state index in [1.807, 2.05) is 62.4 Å². The normalized spacial score (nSPS) is 11.7. The molecule has 4 heteroatoms. The van der Waals surface area contributed by atoms with Gasteiger partial charge in [-0.15, -0.1) is 0 Å². The third-order valence-corrected chi connectivity index (χ3v) is 4.39. The minimum atomic E-state index is -0.283. The van der Waals surface area contributed by atoms with Gasteiger partial charge in [0.25, 0.3) is 0 Å². The predicted octanol–water partition coefficient (Wildman–Crippen LogP) is 6.59. The maximum Gasteiger partial charge on any atom is 0.222 e. The standard InChI is InChI=1S/C25H24FNO2/c1-18-6-4-9-24(14-18)29-25(27-23-11-10-19(2)20(3)15-23)12-13-28-17-21-7-5-8-22(26)16-21/h4-16H,17H2,1-3H3. The number of ether oxygens (including phenoxy) is 2. The van der Waals surface area contributed by atoms with Crippen LogP contribution >= 0.6 is 0 Å². The molecular weight excluding hydrogens is 365 g/mol. The first kappa shape index (κ1) is 20.3. The Bertz CT molecular complexity index is 1040. The van der Waals surface area contributed by atoms with Crippen molar-refractivity contribution in [2.75, 3.05) is 0 Å². The summed E-state index contributed by atoms with van der Waals surface area (Å²) >= 11 is 0. The van der Waals surface area contributed by atoms with E-state index in [4.69, 9.17) is 9.47 Å². The molecule has 0 unspecified atom stereocenters. The first-order valence-corrected chi connectivity index (χ1v) is 9.43. The minimum absolute atomic E-state index is 0.260. The van der Waals surface area contributed by atoms with Crippen LogP contribution in [0.4, 0.5) is 10.1 Å². The average molecular weight is 389 g/mol. The number of rotatable bonds is 6. The minimum Gasteiger partial charge on any atom is -0.496 e. The lowest BCUT2D eigenvalue weighted by atomic mass is 10.1. The zero-order valence-electron chi connectivity index (χ0n) is 16.9. The highest BCUT2D eigenvalue weighted by Crippen LogP contribution is 2.19. The monoisotopic (exact) mass is 389 g/mol. The lowest BCUT2D eigenvalue weighted by Gasteiger charge is -2.08. The van der Waals surface area contributed by atoms with Gasteiger partial charge in [-0.1, -0.05) is 30.3 Å². The fourth-order valence-electron chi connectivity index (χ4n) is 2.69. The van der Waals surface area contributed by atoms with Gasteiger partial charge in [0.15, 0.2) is 0 Å². The Morgan fingerprint density at radius 3 is 2.52 bits per heavy atom. The van der Waals surface area contributed by atoms with Crippen molar-refractivity contribution >= 4 is 11.6 Å². The van der Waals surface area contributed by atoms with Gasteiger partial charge in [-0.05, 0) is 79.4 Å². The molecule has 148 valence electrons. The maximum absolute atomic E-state index is 13.3. The summed E-state index contributed by atoms with van der Waals surface area (Å²) < 4.78 is 24.8. The van der Waals surface area contributed by atoms with Crippen molar-refractivity contribution in [3.63, 3.8) is 0 Å².